The van der Waals surface area contributed by atoms with E-state index in [1.54, 1.807) is 12.2 Å². The molecule has 0 N–H and O–H groups in total. The quantitative estimate of drug-likeness (QED) is 0.606. The van der Waals surface area contributed by atoms with Crippen molar-refractivity contribution < 1.29 is 9.68 Å². The van der Waals surface area contributed by atoms with E-state index in [-0.39, 0.29) is 0 Å². The Hall–Kier alpha value is -4.08. The summed E-state index contributed by atoms with van der Waals surface area (Å²) in [6.07, 6.45) is 9.75. The SMILES string of the molecule is C=Cc1nnn(OC2=CCC(On3nnc4ccccc43)=NC=N2)c1/C=C\CC.CC. The van der Waals surface area contributed by atoms with E-state index in [2.05, 4.69) is 37.2 Å². The molecule has 3 heterocycles. The predicted octanol–water partition coefficient (Wildman–Crippen LogP) is 3.34. The van der Waals surface area contributed by atoms with Gasteiger partial charge in [0, 0.05) is 0 Å². The van der Waals surface area contributed by atoms with Gasteiger partial charge in [-0.1, -0.05) is 55.2 Å². The molecule has 3 aromatic rings. The third-order valence-corrected chi connectivity index (χ3v) is 3.94. The monoisotopic (exact) mass is 420 g/mol. The van der Waals surface area contributed by atoms with E-state index in [0.717, 1.165) is 17.5 Å². The molecule has 0 unspecified atom stereocenters. The van der Waals surface area contributed by atoms with Crippen LogP contribution in [0, 0.1) is 0 Å². The second kappa shape index (κ2) is 10.6. The van der Waals surface area contributed by atoms with Crippen molar-refractivity contribution in [3.63, 3.8) is 0 Å². The Bertz CT molecular complexity index is 1150. The van der Waals surface area contributed by atoms with Gasteiger partial charge >= 0.3 is 0 Å². The van der Waals surface area contributed by atoms with E-state index >= 15 is 0 Å². The smallest absolute Gasteiger partial charge is 0.246 e. The van der Waals surface area contributed by atoms with Crippen molar-refractivity contribution in [1.29, 1.82) is 0 Å². The molecule has 0 spiro atoms. The summed E-state index contributed by atoms with van der Waals surface area (Å²) in [7, 11) is 0. The molecule has 1 aliphatic rings. The zero-order valence-corrected chi connectivity index (χ0v) is 17.7. The zero-order valence-electron chi connectivity index (χ0n) is 17.7. The number of nitrogens with zero attached hydrogens (tertiary/aromatic N) is 8. The van der Waals surface area contributed by atoms with Gasteiger partial charge in [0.1, 0.15) is 28.8 Å². The minimum Gasteiger partial charge on any atom is -0.340 e. The molecule has 1 aliphatic heterocycles. The number of rotatable bonds is 6. The maximum Gasteiger partial charge on any atom is 0.246 e. The van der Waals surface area contributed by atoms with Crippen LogP contribution in [0.2, 0.25) is 0 Å². The topological polar surface area (TPSA) is 105 Å². The summed E-state index contributed by atoms with van der Waals surface area (Å²) >= 11 is 0. The summed E-state index contributed by atoms with van der Waals surface area (Å²) in [6, 6.07) is 7.48. The lowest BCUT2D eigenvalue weighted by atomic mass is 10.3. The molecule has 0 saturated heterocycles. The second-order valence-corrected chi connectivity index (χ2v) is 5.90. The first-order chi connectivity index (χ1) is 15.3. The maximum absolute atomic E-state index is 5.74. The number of aliphatic imine (C=N–C) groups is 2. The number of hydrogen-bond donors (Lipinski definition) is 0. The molecule has 0 atom stereocenters. The summed E-state index contributed by atoms with van der Waals surface area (Å²) in [5.74, 6) is 0.696. The Balaban J connectivity index is 0.00000132. The highest BCUT2D eigenvalue weighted by Crippen LogP contribution is 2.12. The van der Waals surface area contributed by atoms with Gasteiger partial charge in [0.25, 0.3) is 0 Å². The van der Waals surface area contributed by atoms with Crippen molar-refractivity contribution in [3.05, 3.63) is 60.3 Å². The van der Waals surface area contributed by atoms with Crippen molar-refractivity contribution in [2.24, 2.45) is 9.98 Å². The lowest BCUT2D eigenvalue weighted by Crippen LogP contribution is -2.20. The van der Waals surface area contributed by atoms with Crippen LogP contribution in [0.15, 0.2) is 58.9 Å². The molecule has 31 heavy (non-hydrogen) atoms. The van der Waals surface area contributed by atoms with Gasteiger partial charge in [-0.15, -0.1) is 10.2 Å². The molecule has 10 nitrogen and oxygen atoms in total. The average molecular weight is 420 g/mol. The van der Waals surface area contributed by atoms with E-state index in [9.17, 15) is 0 Å². The molecule has 4 rings (SSSR count). The Morgan fingerprint density at radius 2 is 1.90 bits per heavy atom. The fourth-order valence-electron chi connectivity index (χ4n) is 2.53. The highest BCUT2D eigenvalue weighted by atomic mass is 16.7. The molecule has 1 aromatic carbocycles. The van der Waals surface area contributed by atoms with Crippen LogP contribution in [0.5, 0.6) is 0 Å². The van der Waals surface area contributed by atoms with Crippen LogP contribution in [-0.2, 0) is 0 Å². The molecule has 0 amide bonds. The van der Waals surface area contributed by atoms with Gasteiger partial charge in [-0.2, -0.15) is 4.99 Å². The predicted molar refractivity (Wildman–Crippen MR) is 120 cm³/mol. The van der Waals surface area contributed by atoms with Gasteiger partial charge in [0.2, 0.25) is 11.8 Å². The average Bonchev–Trinajstić information content (AvgIpc) is 3.32. The van der Waals surface area contributed by atoms with E-state index < -0.39 is 0 Å². The van der Waals surface area contributed by atoms with E-state index in [1.165, 1.54) is 16.0 Å². The van der Waals surface area contributed by atoms with E-state index in [0.29, 0.717) is 29.6 Å². The van der Waals surface area contributed by atoms with Gasteiger partial charge in [0.05, 0.1) is 6.42 Å². The third-order valence-electron chi connectivity index (χ3n) is 3.94. The molecule has 10 heteroatoms. The summed E-state index contributed by atoms with van der Waals surface area (Å²) in [6.45, 7) is 9.78. The molecule has 0 radical (unpaired) electrons. The van der Waals surface area contributed by atoms with Gasteiger partial charge in [0.15, 0.2) is 0 Å². The standard InChI is InChI=1S/C19H18N8O2.C2H6/c1-3-5-9-16-14(4-2)22-24-26(16)28-18-11-12-19(21-13-20-18)29-27-17-10-7-6-8-15(17)23-25-27;1-2/h4-11,13H,2-3,12H2,1H3;1-2H3/b9-5-;. The highest BCUT2D eigenvalue weighted by Gasteiger charge is 2.13. The van der Waals surface area contributed by atoms with Crippen molar-refractivity contribution in [2.75, 3.05) is 0 Å². The number of hydrogen-bond acceptors (Lipinski definition) is 8. The lowest BCUT2D eigenvalue weighted by Gasteiger charge is -2.06. The molecule has 0 fully saturated rings. The summed E-state index contributed by atoms with van der Waals surface area (Å²) in [5.41, 5.74) is 2.76. The van der Waals surface area contributed by atoms with Crippen LogP contribution in [-0.4, -0.2) is 42.6 Å². The fourth-order valence-corrected chi connectivity index (χ4v) is 2.53. The largest absolute Gasteiger partial charge is 0.340 e. The van der Waals surface area contributed by atoms with Crippen molar-refractivity contribution >= 4 is 35.4 Å². The Morgan fingerprint density at radius 1 is 1.10 bits per heavy atom. The Kier molecular flexibility index (Phi) is 7.41. The minimum absolute atomic E-state index is 0.308. The highest BCUT2D eigenvalue weighted by molar-refractivity contribution is 5.87. The molecule has 2 aromatic heterocycles. The van der Waals surface area contributed by atoms with Gasteiger partial charge < -0.3 is 9.68 Å². The van der Waals surface area contributed by atoms with Crippen LogP contribution in [0.4, 0.5) is 0 Å². The Labute approximate surface area is 179 Å². The number of benzene rings is 1. The van der Waals surface area contributed by atoms with Crippen LogP contribution >= 0.6 is 0 Å². The maximum atomic E-state index is 5.74. The number of fused-ring (bicyclic) bond motifs is 1. The van der Waals surface area contributed by atoms with Gasteiger partial charge in [-0.05, 0) is 47.2 Å². The third kappa shape index (κ3) is 5.10. The second-order valence-electron chi connectivity index (χ2n) is 5.90. The van der Waals surface area contributed by atoms with Crippen molar-refractivity contribution in [3.8, 4) is 0 Å². The summed E-state index contributed by atoms with van der Waals surface area (Å²) < 4.78 is 0. The van der Waals surface area contributed by atoms with E-state index in [4.69, 9.17) is 9.68 Å². The molecular formula is C21H24N8O2. The van der Waals surface area contributed by atoms with Crippen LogP contribution in [0.1, 0.15) is 45.0 Å². The van der Waals surface area contributed by atoms with Crippen molar-refractivity contribution in [1.82, 2.24) is 30.3 Å². The number of allylic oxidation sites excluding steroid dienone is 1. The first kappa shape index (κ1) is 21.6. The van der Waals surface area contributed by atoms with Crippen LogP contribution < -0.4 is 9.68 Å². The molecule has 0 bridgehead atoms. The number of para-hydroxylation sites is 1. The first-order valence-corrected chi connectivity index (χ1v) is 9.99. The van der Waals surface area contributed by atoms with Crippen LogP contribution in [0.25, 0.3) is 23.2 Å². The fraction of sp³-hybridized carbons (Fsp3) is 0.238. The van der Waals surface area contributed by atoms with Gasteiger partial charge in [-0.3, -0.25) is 0 Å². The molecule has 160 valence electrons. The molecule has 0 saturated carbocycles. The summed E-state index contributed by atoms with van der Waals surface area (Å²) in [4.78, 5) is 22.5. The molecule has 0 aliphatic carbocycles. The van der Waals surface area contributed by atoms with Crippen LogP contribution in [0.3, 0.4) is 0 Å². The lowest BCUT2D eigenvalue weighted by molar-refractivity contribution is 0.137. The zero-order chi connectivity index (χ0) is 22.1. The molecular weight excluding hydrogens is 396 g/mol. The van der Waals surface area contributed by atoms with E-state index in [1.807, 2.05) is 57.2 Å². The minimum atomic E-state index is 0.308. The Morgan fingerprint density at radius 3 is 2.71 bits per heavy atom. The van der Waals surface area contributed by atoms with Crippen molar-refractivity contribution in [2.45, 2.75) is 33.6 Å². The first-order valence-electron chi connectivity index (χ1n) is 9.99. The number of aromatic nitrogens is 6. The summed E-state index contributed by atoms with van der Waals surface area (Å²) in [5, 5.41) is 16.1. The normalized spacial score (nSPS) is 13.3. The van der Waals surface area contributed by atoms with Gasteiger partial charge in [-0.25, -0.2) is 4.99 Å².